The normalized spacial score (nSPS) is 25.5. The van der Waals surface area contributed by atoms with E-state index in [9.17, 15) is 0 Å². The number of piperidine rings is 1. The fraction of sp³-hybridized carbons (Fsp3) is 0.400. The van der Waals surface area contributed by atoms with E-state index < -0.39 is 0 Å². The smallest absolute Gasteiger partial charge is 0.188 e. The summed E-state index contributed by atoms with van der Waals surface area (Å²) < 4.78 is 6.38. The zero-order valence-electron chi connectivity index (χ0n) is 14.4. The predicted molar refractivity (Wildman–Crippen MR) is 102 cm³/mol. The first-order chi connectivity index (χ1) is 12.7. The molecular formula is C20H21ClN4O. The van der Waals surface area contributed by atoms with Gasteiger partial charge in [-0.15, -0.1) is 0 Å². The quantitative estimate of drug-likeness (QED) is 0.838. The molecule has 0 amide bonds. The summed E-state index contributed by atoms with van der Waals surface area (Å²) >= 11 is 6.35. The van der Waals surface area contributed by atoms with Crippen molar-refractivity contribution in [1.82, 2.24) is 9.88 Å². The van der Waals surface area contributed by atoms with E-state index in [0.717, 1.165) is 43.6 Å². The number of benzene rings is 1. The standard InChI is InChI=1S/C20H21ClN4O/c1-23-14-6-7-19(16(21)10-14)26-20-15-5-2-8-24-17(15)11-18(20)25-9-3-4-13(22)12-25/h2,5-8,10,13,18,20H,3-4,9,11-12,22H2/t13-,18-,20-/m1/s1. The molecule has 0 spiro atoms. The Hall–Kier alpha value is -2.13. The van der Waals surface area contributed by atoms with Crippen molar-refractivity contribution in [2.45, 2.75) is 37.5 Å². The van der Waals surface area contributed by atoms with Gasteiger partial charge in [0.05, 0.1) is 17.6 Å². The summed E-state index contributed by atoms with van der Waals surface area (Å²) in [6.07, 6.45) is 4.72. The highest BCUT2D eigenvalue weighted by molar-refractivity contribution is 6.32. The Morgan fingerprint density at radius 1 is 1.35 bits per heavy atom. The van der Waals surface area contributed by atoms with Gasteiger partial charge >= 0.3 is 0 Å². The highest BCUT2D eigenvalue weighted by Crippen LogP contribution is 2.40. The second kappa shape index (κ2) is 7.24. The maximum absolute atomic E-state index is 7.12. The number of rotatable bonds is 3. The van der Waals surface area contributed by atoms with Crippen molar-refractivity contribution in [3.8, 4) is 5.75 Å². The van der Waals surface area contributed by atoms with E-state index in [2.05, 4.69) is 20.8 Å². The molecular weight excluding hydrogens is 348 g/mol. The topological polar surface area (TPSA) is 55.7 Å². The van der Waals surface area contributed by atoms with Crippen molar-refractivity contribution in [3.63, 3.8) is 0 Å². The third-order valence-corrected chi connectivity index (χ3v) is 5.54. The molecule has 0 unspecified atom stereocenters. The number of aromatic nitrogens is 1. The number of likely N-dealkylation sites (tertiary alicyclic amines) is 1. The summed E-state index contributed by atoms with van der Waals surface area (Å²) in [7, 11) is 0. The number of fused-ring (bicyclic) bond motifs is 1. The number of halogens is 1. The molecule has 1 aromatic carbocycles. The van der Waals surface area contributed by atoms with Crippen LogP contribution in [0.1, 0.15) is 30.2 Å². The minimum absolute atomic E-state index is 0.139. The molecule has 0 saturated carbocycles. The van der Waals surface area contributed by atoms with Crippen LogP contribution >= 0.6 is 11.6 Å². The third kappa shape index (κ3) is 3.28. The van der Waals surface area contributed by atoms with Gasteiger partial charge in [0.1, 0.15) is 11.9 Å². The van der Waals surface area contributed by atoms with Gasteiger partial charge < -0.3 is 10.5 Å². The van der Waals surface area contributed by atoms with Crippen LogP contribution < -0.4 is 10.5 Å². The average molecular weight is 369 g/mol. The molecule has 2 heterocycles. The molecule has 0 bridgehead atoms. The minimum Gasteiger partial charge on any atom is -0.483 e. The molecule has 2 aliphatic rings. The lowest BCUT2D eigenvalue weighted by Crippen LogP contribution is -2.49. The lowest BCUT2D eigenvalue weighted by molar-refractivity contribution is 0.0593. The van der Waals surface area contributed by atoms with Gasteiger partial charge in [0.2, 0.25) is 0 Å². The largest absolute Gasteiger partial charge is 0.483 e. The Balaban J connectivity index is 1.64. The zero-order chi connectivity index (χ0) is 18.1. The zero-order valence-corrected chi connectivity index (χ0v) is 15.2. The Morgan fingerprint density at radius 3 is 3.00 bits per heavy atom. The SMILES string of the molecule is [C-]#[N+]c1ccc(O[C@@H]2c3cccnc3C[C@H]2N2CCC[C@@H](N)C2)c(Cl)c1. The second-order valence-corrected chi connectivity index (χ2v) is 7.38. The van der Waals surface area contributed by atoms with Crippen molar-refractivity contribution >= 4 is 17.3 Å². The molecule has 2 aromatic rings. The van der Waals surface area contributed by atoms with Gasteiger partial charge in [0, 0.05) is 36.5 Å². The molecule has 26 heavy (non-hydrogen) atoms. The molecule has 2 N–H and O–H groups in total. The first-order valence-corrected chi connectivity index (χ1v) is 9.30. The van der Waals surface area contributed by atoms with Crippen molar-refractivity contribution in [2.24, 2.45) is 5.73 Å². The number of nitrogens with two attached hydrogens (primary N) is 1. The van der Waals surface area contributed by atoms with Crippen LogP contribution in [0.2, 0.25) is 5.02 Å². The van der Waals surface area contributed by atoms with Gasteiger partial charge in [-0.05, 0) is 37.6 Å². The van der Waals surface area contributed by atoms with E-state index in [4.69, 9.17) is 28.6 Å². The van der Waals surface area contributed by atoms with E-state index in [1.54, 1.807) is 18.2 Å². The van der Waals surface area contributed by atoms with Crippen molar-refractivity contribution in [1.29, 1.82) is 0 Å². The van der Waals surface area contributed by atoms with Crippen LogP contribution in [0, 0.1) is 6.57 Å². The molecule has 134 valence electrons. The van der Waals surface area contributed by atoms with E-state index in [1.165, 1.54) is 0 Å². The first kappa shape index (κ1) is 17.3. The summed E-state index contributed by atoms with van der Waals surface area (Å²) in [5.74, 6) is 0.604. The highest BCUT2D eigenvalue weighted by atomic mass is 35.5. The molecule has 3 atom stereocenters. The van der Waals surface area contributed by atoms with Gasteiger partial charge in [-0.25, -0.2) is 4.85 Å². The molecule has 1 fully saturated rings. The molecule has 5 nitrogen and oxygen atoms in total. The number of nitrogens with zero attached hydrogens (tertiary/aromatic N) is 3. The number of ether oxygens (including phenoxy) is 1. The van der Waals surface area contributed by atoms with E-state index in [1.807, 2.05) is 12.3 Å². The Labute approximate surface area is 158 Å². The van der Waals surface area contributed by atoms with Crippen molar-refractivity contribution in [3.05, 3.63) is 64.2 Å². The summed E-state index contributed by atoms with van der Waals surface area (Å²) in [6.45, 7) is 9.02. The fourth-order valence-electron chi connectivity index (χ4n) is 3.99. The summed E-state index contributed by atoms with van der Waals surface area (Å²) in [5.41, 5.74) is 8.91. The minimum atomic E-state index is -0.139. The third-order valence-electron chi connectivity index (χ3n) is 5.24. The summed E-state index contributed by atoms with van der Waals surface area (Å²) in [6, 6.07) is 9.60. The van der Waals surface area contributed by atoms with Crippen molar-refractivity contribution in [2.75, 3.05) is 13.1 Å². The molecule has 1 aromatic heterocycles. The number of hydrogen-bond donors (Lipinski definition) is 1. The second-order valence-electron chi connectivity index (χ2n) is 6.97. The Morgan fingerprint density at radius 2 is 2.23 bits per heavy atom. The maximum Gasteiger partial charge on any atom is 0.188 e. The molecule has 1 saturated heterocycles. The van der Waals surface area contributed by atoms with Crippen LogP contribution in [0.15, 0.2) is 36.5 Å². The lowest BCUT2D eigenvalue weighted by Gasteiger charge is -2.38. The molecule has 4 rings (SSSR count). The summed E-state index contributed by atoms with van der Waals surface area (Å²) in [5, 5.41) is 0.463. The predicted octanol–water partition coefficient (Wildman–Crippen LogP) is 3.75. The molecule has 0 radical (unpaired) electrons. The molecule has 1 aliphatic heterocycles. The Bertz CT molecular complexity index is 850. The van der Waals surface area contributed by atoms with Gasteiger partial charge in [-0.3, -0.25) is 9.88 Å². The van der Waals surface area contributed by atoms with Gasteiger partial charge in [-0.2, -0.15) is 0 Å². The van der Waals surface area contributed by atoms with E-state index in [-0.39, 0.29) is 18.2 Å². The van der Waals surface area contributed by atoms with Gasteiger partial charge in [0.15, 0.2) is 5.69 Å². The number of pyridine rings is 1. The van der Waals surface area contributed by atoms with Crippen LogP contribution in [-0.4, -0.2) is 35.1 Å². The lowest BCUT2D eigenvalue weighted by atomic mass is 10.0. The van der Waals surface area contributed by atoms with Crippen LogP contribution in [0.4, 0.5) is 5.69 Å². The monoisotopic (exact) mass is 368 g/mol. The van der Waals surface area contributed by atoms with E-state index >= 15 is 0 Å². The maximum atomic E-state index is 7.12. The van der Waals surface area contributed by atoms with Crippen LogP contribution in [0.5, 0.6) is 5.75 Å². The molecule has 1 aliphatic carbocycles. The van der Waals surface area contributed by atoms with Crippen LogP contribution in [-0.2, 0) is 6.42 Å². The van der Waals surface area contributed by atoms with E-state index in [0.29, 0.717) is 16.5 Å². The Kier molecular flexibility index (Phi) is 4.82. The van der Waals surface area contributed by atoms with Crippen LogP contribution in [0.3, 0.4) is 0 Å². The van der Waals surface area contributed by atoms with Crippen molar-refractivity contribution < 1.29 is 4.74 Å². The van der Waals surface area contributed by atoms with Gasteiger partial charge in [0.25, 0.3) is 0 Å². The molecule has 6 heteroatoms. The highest BCUT2D eigenvalue weighted by Gasteiger charge is 2.40. The first-order valence-electron chi connectivity index (χ1n) is 8.93. The number of hydrogen-bond acceptors (Lipinski definition) is 4. The summed E-state index contributed by atoms with van der Waals surface area (Å²) in [4.78, 5) is 10.4. The van der Waals surface area contributed by atoms with Crippen LogP contribution in [0.25, 0.3) is 4.85 Å². The van der Waals surface area contributed by atoms with Gasteiger partial charge in [-0.1, -0.05) is 23.7 Å². The average Bonchev–Trinajstić information content (AvgIpc) is 3.02. The fourth-order valence-corrected chi connectivity index (χ4v) is 4.21.